The van der Waals surface area contributed by atoms with Crippen molar-refractivity contribution in [1.82, 2.24) is 5.32 Å². The van der Waals surface area contributed by atoms with E-state index in [1.807, 2.05) is 0 Å². The lowest BCUT2D eigenvalue weighted by molar-refractivity contribution is -0.137. The Kier molecular flexibility index (Phi) is 5.75. The first-order valence-electron chi connectivity index (χ1n) is 5.66. The molecule has 0 bridgehead atoms. The molecule has 0 aliphatic heterocycles. The molecule has 19 heavy (non-hydrogen) atoms. The highest BCUT2D eigenvalue weighted by atomic mass is 79.9. The first kappa shape index (κ1) is 15.4. The fraction of sp³-hybridized carbons (Fsp3) is 0.333. The molecule has 0 heterocycles. The summed E-state index contributed by atoms with van der Waals surface area (Å²) in [4.78, 5) is 22.2. The smallest absolute Gasteiger partial charge is 0.319 e. The first-order chi connectivity index (χ1) is 8.92. The molecule has 3 N–H and O–H groups in total. The highest BCUT2D eigenvalue weighted by Crippen LogP contribution is 2.19. The molecule has 7 heteroatoms. The van der Waals surface area contributed by atoms with E-state index in [2.05, 4.69) is 26.6 Å². The maximum Gasteiger partial charge on any atom is 0.319 e. The van der Waals surface area contributed by atoms with Crippen LogP contribution < -0.4 is 10.6 Å². The predicted octanol–water partition coefficient (Wildman–Crippen LogP) is 2.96. The van der Waals surface area contributed by atoms with Gasteiger partial charge in [0.05, 0.1) is 10.9 Å². The van der Waals surface area contributed by atoms with Gasteiger partial charge in [-0.1, -0.05) is 6.92 Å². The molecule has 5 nitrogen and oxygen atoms in total. The molecule has 104 valence electrons. The van der Waals surface area contributed by atoms with Gasteiger partial charge >= 0.3 is 12.0 Å². The van der Waals surface area contributed by atoms with Crippen molar-refractivity contribution in [2.45, 2.75) is 25.8 Å². The summed E-state index contributed by atoms with van der Waals surface area (Å²) in [6.07, 6.45) is 0.340. The maximum atomic E-state index is 13.2. The Labute approximate surface area is 118 Å². The lowest BCUT2D eigenvalue weighted by Gasteiger charge is -2.15. The zero-order valence-corrected chi connectivity index (χ0v) is 11.8. The number of anilines is 1. The van der Waals surface area contributed by atoms with Crippen LogP contribution in [0.4, 0.5) is 14.9 Å². The number of hydrogen-bond acceptors (Lipinski definition) is 2. The lowest BCUT2D eigenvalue weighted by atomic mass is 10.1. The summed E-state index contributed by atoms with van der Waals surface area (Å²) in [5.74, 6) is -1.47. The third kappa shape index (κ3) is 5.25. The number of rotatable bonds is 5. The van der Waals surface area contributed by atoms with Gasteiger partial charge in [0.15, 0.2) is 0 Å². The average Bonchev–Trinajstić information content (AvgIpc) is 2.32. The number of benzene rings is 1. The molecule has 0 spiro atoms. The number of carbonyl (C=O) groups is 2. The summed E-state index contributed by atoms with van der Waals surface area (Å²) >= 11 is 3.01. The van der Waals surface area contributed by atoms with Gasteiger partial charge in [-0.05, 0) is 40.5 Å². The minimum Gasteiger partial charge on any atom is -0.481 e. The Hall–Kier alpha value is -1.63. The highest BCUT2D eigenvalue weighted by Gasteiger charge is 2.14. The van der Waals surface area contributed by atoms with E-state index in [0.717, 1.165) is 0 Å². The molecule has 0 aliphatic rings. The van der Waals surface area contributed by atoms with Crippen LogP contribution in [0.25, 0.3) is 0 Å². The number of amides is 2. The Bertz CT molecular complexity index is 482. The number of carboxylic acids is 1. The van der Waals surface area contributed by atoms with E-state index < -0.39 is 23.9 Å². The molecule has 1 unspecified atom stereocenters. The van der Waals surface area contributed by atoms with E-state index in [1.165, 1.54) is 18.2 Å². The Morgan fingerprint density at radius 2 is 2.16 bits per heavy atom. The number of carbonyl (C=O) groups excluding carboxylic acids is 1. The molecular formula is C12H14BrFN2O3. The average molecular weight is 333 g/mol. The van der Waals surface area contributed by atoms with Gasteiger partial charge in [0.1, 0.15) is 5.82 Å². The highest BCUT2D eigenvalue weighted by molar-refractivity contribution is 9.10. The van der Waals surface area contributed by atoms with Crippen LogP contribution in [0.1, 0.15) is 19.8 Å². The van der Waals surface area contributed by atoms with Crippen molar-refractivity contribution in [3.05, 3.63) is 28.5 Å². The minimum absolute atomic E-state index is 0.154. The summed E-state index contributed by atoms with van der Waals surface area (Å²) in [5.41, 5.74) is 0.295. The predicted molar refractivity (Wildman–Crippen MR) is 72.6 cm³/mol. The summed E-state index contributed by atoms with van der Waals surface area (Å²) in [5, 5.41) is 13.6. The number of hydrogen-bond donors (Lipinski definition) is 3. The van der Waals surface area contributed by atoms with Crippen LogP contribution in [-0.4, -0.2) is 23.1 Å². The summed E-state index contributed by atoms with van der Waals surface area (Å²) in [6, 6.07) is 3.15. The molecule has 0 aliphatic carbocycles. The second-order valence-corrected chi connectivity index (χ2v) is 4.78. The Morgan fingerprint density at radius 3 is 2.68 bits per heavy atom. The molecule has 0 saturated carbocycles. The number of urea groups is 1. The molecule has 0 radical (unpaired) electrons. The van der Waals surface area contributed by atoms with Gasteiger partial charge in [0.2, 0.25) is 0 Å². The van der Waals surface area contributed by atoms with Crippen LogP contribution in [0, 0.1) is 5.82 Å². The third-order valence-corrected chi connectivity index (χ3v) is 3.07. The van der Waals surface area contributed by atoms with Crippen molar-refractivity contribution < 1.29 is 19.1 Å². The Balaban J connectivity index is 2.58. The van der Waals surface area contributed by atoms with Crippen LogP contribution in [-0.2, 0) is 4.79 Å². The van der Waals surface area contributed by atoms with Gasteiger partial charge in [-0.15, -0.1) is 0 Å². The summed E-state index contributed by atoms with van der Waals surface area (Å²) < 4.78 is 13.5. The van der Waals surface area contributed by atoms with E-state index in [4.69, 9.17) is 5.11 Å². The molecule has 0 aromatic heterocycles. The number of carboxylic acid groups (broad SMARTS) is 1. The van der Waals surface area contributed by atoms with Crippen molar-refractivity contribution in [2.24, 2.45) is 0 Å². The van der Waals surface area contributed by atoms with Crippen LogP contribution >= 0.6 is 15.9 Å². The standard InChI is InChI=1S/C12H14BrFN2O3/c1-2-7(6-11(17)18)15-12(19)16-8-3-4-9(13)10(14)5-8/h3-5,7H,2,6H2,1H3,(H,17,18)(H2,15,16,19). The topological polar surface area (TPSA) is 78.4 Å². The normalized spacial score (nSPS) is 11.7. The van der Waals surface area contributed by atoms with Crippen molar-refractivity contribution in [1.29, 1.82) is 0 Å². The van der Waals surface area contributed by atoms with E-state index in [9.17, 15) is 14.0 Å². The lowest BCUT2D eigenvalue weighted by Crippen LogP contribution is -2.38. The van der Waals surface area contributed by atoms with Crippen molar-refractivity contribution in [3.63, 3.8) is 0 Å². The van der Waals surface area contributed by atoms with E-state index in [0.29, 0.717) is 16.6 Å². The Morgan fingerprint density at radius 1 is 1.47 bits per heavy atom. The molecular weight excluding hydrogens is 319 g/mol. The van der Waals surface area contributed by atoms with E-state index in [1.54, 1.807) is 6.92 Å². The van der Waals surface area contributed by atoms with Gasteiger partial charge in [-0.3, -0.25) is 4.79 Å². The fourth-order valence-corrected chi connectivity index (χ4v) is 1.68. The summed E-state index contributed by atoms with van der Waals surface area (Å²) in [7, 11) is 0. The molecule has 1 aromatic rings. The first-order valence-corrected chi connectivity index (χ1v) is 6.46. The minimum atomic E-state index is -0.984. The zero-order chi connectivity index (χ0) is 14.4. The van der Waals surface area contributed by atoms with Crippen LogP contribution in [0.2, 0.25) is 0 Å². The van der Waals surface area contributed by atoms with E-state index >= 15 is 0 Å². The van der Waals surface area contributed by atoms with Gasteiger partial charge in [0.25, 0.3) is 0 Å². The van der Waals surface area contributed by atoms with Crippen molar-refractivity contribution in [3.8, 4) is 0 Å². The molecule has 0 fully saturated rings. The quantitative estimate of drug-likeness (QED) is 0.775. The second-order valence-electron chi connectivity index (χ2n) is 3.93. The van der Waals surface area contributed by atoms with Gasteiger partial charge in [0, 0.05) is 11.7 Å². The second kappa shape index (κ2) is 7.08. The van der Waals surface area contributed by atoms with E-state index in [-0.39, 0.29) is 6.42 Å². The van der Waals surface area contributed by atoms with Gasteiger partial charge in [-0.25, -0.2) is 9.18 Å². The largest absolute Gasteiger partial charge is 0.481 e. The number of aliphatic carboxylic acids is 1. The van der Waals surface area contributed by atoms with Crippen molar-refractivity contribution >= 4 is 33.6 Å². The van der Waals surface area contributed by atoms with Crippen molar-refractivity contribution in [2.75, 3.05) is 5.32 Å². The zero-order valence-electron chi connectivity index (χ0n) is 10.2. The van der Waals surface area contributed by atoms with Gasteiger partial charge < -0.3 is 15.7 Å². The van der Waals surface area contributed by atoms with Crippen LogP contribution in [0.15, 0.2) is 22.7 Å². The maximum absolute atomic E-state index is 13.2. The molecule has 1 atom stereocenters. The number of halogens is 2. The molecule has 1 rings (SSSR count). The fourth-order valence-electron chi connectivity index (χ4n) is 1.43. The SMILES string of the molecule is CCC(CC(=O)O)NC(=O)Nc1ccc(Br)c(F)c1. The molecule has 2 amide bonds. The monoisotopic (exact) mass is 332 g/mol. The molecule has 0 saturated heterocycles. The van der Waals surface area contributed by atoms with Gasteiger partial charge in [-0.2, -0.15) is 0 Å². The molecule has 1 aromatic carbocycles. The van der Waals surface area contributed by atoms with Crippen LogP contribution in [0.5, 0.6) is 0 Å². The summed E-state index contributed by atoms with van der Waals surface area (Å²) in [6.45, 7) is 1.77. The number of nitrogens with one attached hydrogen (secondary N) is 2. The van der Waals surface area contributed by atoms with Crippen LogP contribution in [0.3, 0.4) is 0 Å². The third-order valence-electron chi connectivity index (χ3n) is 2.43.